The molecule has 0 bridgehead atoms. The fourth-order valence-corrected chi connectivity index (χ4v) is 2.44. The summed E-state index contributed by atoms with van der Waals surface area (Å²) in [5.74, 6) is -0.105. The van der Waals surface area contributed by atoms with Crippen molar-refractivity contribution in [3.8, 4) is 6.07 Å². The molecule has 0 N–H and O–H groups in total. The van der Waals surface area contributed by atoms with Gasteiger partial charge in [-0.25, -0.2) is 0 Å². The number of nitrogens with zero attached hydrogens (tertiary/aromatic N) is 2. The monoisotopic (exact) mass is 312 g/mol. The molecule has 88 valence electrons. The summed E-state index contributed by atoms with van der Waals surface area (Å²) in [5, 5.41) is 9.53. The van der Waals surface area contributed by atoms with Crippen molar-refractivity contribution in [2.75, 3.05) is 6.54 Å². The predicted molar refractivity (Wildman–Crippen MR) is 68.8 cm³/mol. The molecule has 0 radical (unpaired) electrons. The summed E-state index contributed by atoms with van der Waals surface area (Å²) in [6.45, 7) is 0.650. The summed E-state index contributed by atoms with van der Waals surface area (Å²) in [7, 11) is 0. The fraction of sp³-hybridized carbons (Fsp3) is 0.333. The number of rotatable bonds is 1. The first-order chi connectivity index (χ1) is 8.13. The Bertz CT molecular complexity index is 498. The second-order valence-electron chi connectivity index (χ2n) is 3.91. The van der Waals surface area contributed by atoms with Crippen molar-refractivity contribution in [1.29, 1.82) is 5.26 Å². The van der Waals surface area contributed by atoms with Gasteiger partial charge in [0.05, 0.1) is 11.1 Å². The van der Waals surface area contributed by atoms with E-state index in [2.05, 4.69) is 22.0 Å². The maximum Gasteiger partial charge on any atom is 0.254 e. The Morgan fingerprint density at radius 2 is 2.35 bits per heavy atom. The lowest BCUT2D eigenvalue weighted by Crippen LogP contribution is -2.34. The van der Waals surface area contributed by atoms with Gasteiger partial charge in [-0.15, -0.1) is 0 Å². The van der Waals surface area contributed by atoms with E-state index in [4.69, 9.17) is 16.9 Å². The molecule has 1 amide bonds. The zero-order chi connectivity index (χ0) is 12.4. The molecule has 17 heavy (non-hydrogen) atoms. The molecule has 1 aliphatic rings. The summed E-state index contributed by atoms with van der Waals surface area (Å²) in [6.07, 6.45) is 1.65. The van der Waals surface area contributed by atoms with Gasteiger partial charge in [-0.1, -0.05) is 11.6 Å². The van der Waals surface area contributed by atoms with Crippen LogP contribution in [0.1, 0.15) is 23.2 Å². The van der Waals surface area contributed by atoms with Gasteiger partial charge in [-0.2, -0.15) is 5.26 Å². The van der Waals surface area contributed by atoms with Crippen LogP contribution in [0.15, 0.2) is 22.7 Å². The van der Waals surface area contributed by atoms with Crippen LogP contribution >= 0.6 is 27.5 Å². The lowest BCUT2D eigenvalue weighted by Gasteiger charge is -2.19. The van der Waals surface area contributed by atoms with Crippen molar-refractivity contribution >= 4 is 33.4 Å². The van der Waals surface area contributed by atoms with E-state index < -0.39 is 0 Å². The molecular weight excluding hydrogens is 304 g/mol. The third-order valence-corrected chi connectivity index (χ3v) is 4.04. The number of nitriles is 1. The minimum atomic E-state index is -0.294. The predicted octanol–water partition coefficient (Wildman–Crippen LogP) is 3.23. The number of amides is 1. The topological polar surface area (TPSA) is 44.1 Å². The van der Waals surface area contributed by atoms with Gasteiger partial charge < -0.3 is 4.90 Å². The van der Waals surface area contributed by atoms with Crippen molar-refractivity contribution in [3.63, 3.8) is 0 Å². The first-order valence-electron chi connectivity index (χ1n) is 5.29. The second kappa shape index (κ2) is 5.07. The summed E-state index contributed by atoms with van der Waals surface area (Å²) in [4.78, 5) is 13.8. The SMILES string of the molecule is N#CC1CCCN1C(=O)c1ccc(Cl)c(Br)c1. The van der Waals surface area contributed by atoms with Gasteiger partial charge >= 0.3 is 0 Å². The number of benzene rings is 1. The van der Waals surface area contributed by atoms with Crippen LogP contribution in [0.5, 0.6) is 0 Å². The Morgan fingerprint density at radius 1 is 1.59 bits per heavy atom. The van der Waals surface area contributed by atoms with Gasteiger partial charge in [0.1, 0.15) is 6.04 Å². The van der Waals surface area contributed by atoms with Crippen LogP contribution < -0.4 is 0 Å². The Morgan fingerprint density at radius 3 is 3.00 bits per heavy atom. The van der Waals surface area contributed by atoms with E-state index in [1.807, 2.05) is 0 Å². The number of carbonyl (C=O) groups is 1. The third kappa shape index (κ3) is 2.46. The second-order valence-corrected chi connectivity index (χ2v) is 5.18. The van der Waals surface area contributed by atoms with Gasteiger partial charge in [0.25, 0.3) is 5.91 Å². The van der Waals surface area contributed by atoms with E-state index >= 15 is 0 Å². The molecule has 1 atom stereocenters. The minimum Gasteiger partial charge on any atom is -0.323 e. The highest BCUT2D eigenvalue weighted by Gasteiger charge is 2.29. The van der Waals surface area contributed by atoms with Gasteiger partial charge in [0.2, 0.25) is 0 Å². The van der Waals surface area contributed by atoms with Crippen LogP contribution in [-0.2, 0) is 0 Å². The lowest BCUT2D eigenvalue weighted by molar-refractivity contribution is 0.0765. The van der Waals surface area contributed by atoms with E-state index in [0.717, 1.165) is 12.8 Å². The van der Waals surface area contributed by atoms with E-state index in [1.54, 1.807) is 23.1 Å². The quantitative estimate of drug-likeness (QED) is 0.799. The van der Waals surface area contributed by atoms with E-state index in [-0.39, 0.29) is 11.9 Å². The van der Waals surface area contributed by atoms with Crippen LogP contribution in [-0.4, -0.2) is 23.4 Å². The largest absolute Gasteiger partial charge is 0.323 e. The Labute approximate surface area is 113 Å². The van der Waals surface area contributed by atoms with Crippen LogP contribution in [0.25, 0.3) is 0 Å². The lowest BCUT2D eigenvalue weighted by atomic mass is 10.2. The highest BCUT2D eigenvalue weighted by Crippen LogP contribution is 2.25. The molecule has 1 heterocycles. The normalized spacial score (nSPS) is 19.1. The molecule has 5 heteroatoms. The molecular formula is C12H10BrClN2O. The first-order valence-corrected chi connectivity index (χ1v) is 6.46. The highest BCUT2D eigenvalue weighted by atomic mass is 79.9. The molecule has 1 unspecified atom stereocenters. The van der Waals surface area contributed by atoms with Crippen molar-refractivity contribution in [1.82, 2.24) is 4.90 Å². The Balaban J connectivity index is 2.25. The van der Waals surface area contributed by atoms with Crippen LogP contribution in [0.4, 0.5) is 0 Å². The van der Waals surface area contributed by atoms with Crippen molar-refractivity contribution in [2.24, 2.45) is 0 Å². The highest BCUT2D eigenvalue weighted by molar-refractivity contribution is 9.10. The number of hydrogen-bond donors (Lipinski definition) is 0. The number of hydrogen-bond acceptors (Lipinski definition) is 2. The van der Waals surface area contributed by atoms with Crippen LogP contribution in [0, 0.1) is 11.3 Å². The van der Waals surface area contributed by atoms with Gasteiger partial charge in [0, 0.05) is 16.6 Å². The molecule has 1 aliphatic heterocycles. The van der Waals surface area contributed by atoms with Crippen molar-refractivity contribution < 1.29 is 4.79 Å². The molecule has 2 rings (SSSR count). The maximum atomic E-state index is 12.2. The van der Waals surface area contributed by atoms with Gasteiger partial charge in [0.15, 0.2) is 0 Å². The standard InChI is InChI=1S/C12H10BrClN2O/c13-10-6-8(3-4-11(10)14)12(17)16-5-1-2-9(16)7-15/h3-4,6,9H,1-2,5H2. The zero-order valence-corrected chi connectivity index (χ0v) is 11.3. The van der Waals surface area contributed by atoms with E-state index in [1.165, 1.54) is 0 Å². The van der Waals surface area contributed by atoms with Crippen molar-refractivity contribution in [2.45, 2.75) is 18.9 Å². The first kappa shape index (κ1) is 12.4. The number of carbonyl (C=O) groups excluding carboxylic acids is 1. The third-order valence-electron chi connectivity index (χ3n) is 2.83. The molecule has 3 nitrogen and oxygen atoms in total. The average molecular weight is 314 g/mol. The van der Waals surface area contributed by atoms with Crippen LogP contribution in [0.3, 0.4) is 0 Å². The Kier molecular flexibility index (Phi) is 3.70. The van der Waals surface area contributed by atoms with E-state index in [9.17, 15) is 4.79 Å². The number of halogens is 2. The molecule has 1 aromatic rings. The number of likely N-dealkylation sites (tertiary alicyclic amines) is 1. The zero-order valence-electron chi connectivity index (χ0n) is 8.99. The smallest absolute Gasteiger partial charge is 0.254 e. The summed E-state index contributed by atoms with van der Waals surface area (Å²) >= 11 is 9.16. The van der Waals surface area contributed by atoms with Crippen molar-refractivity contribution in [3.05, 3.63) is 33.3 Å². The molecule has 0 aliphatic carbocycles. The molecule has 1 fully saturated rings. The average Bonchev–Trinajstić information content (AvgIpc) is 2.80. The van der Waals surface area contributed by atoms with E-state index in [0.29, 0.717) is 21.6 Å². The van der Waals surface area contributed by atoms with Crippen LogP contribution in [0.2, 0.25) is 5.02 Å². The molecule has 1 aromatic carbocycles. The van der Waals surface area contributed by atoms with Gasteiger partial charge in [-0.05, 0) is 47.0 Å². The summed E-state index contributed by atoms with van der Waals surface area (Å²) in [6, 6.07) is 6.91. The fourth-order valence-electron chi connectivity index (χ4n) is 1.94. The molecule has 1 saturated heterocycles. The molecule has 0 aromatic heterocycles. The molecule has 0 spiro atoms. The molecule has 0 saturated carbocycles. The summed E-state index contributed by atoms with van der Waals surface area (Å²) < 4.78 is 0.692. The minimum absolute atomic E-state index is 0.105. The maximum absolute atomic E-state index is 12.2. The van der Waals surface area contributed by atoms with Gasteiger partial charge in [-0.3, -0.25) is 4.79 Å². The summed E-state index contributed by atoms with van der Waals surface area (Å²) in [5.41, 5.74) is 0.559. The Hall–Kier alpha value is -1.05.